The third-order valence-electron chi connectivity index (χ3n) is 4.16. The van der Waals surface area contributed by atoms with Crippen molar-refractivity contribution in [3.63, 3.8) is 0 Å². The molecule has 3 aromatic rings. The van der Waals surface area contributed by atoms with Crippen molar-refractivity contribution >= 4 is 17.2 Å². The van der Waals surface area contributed by atoms with E-state index >= 15 is 0 Å². The summed E-state index contributed by atoms with van der Waals surface area (Å²) in [7, 11) is 1.62. The Bertz CT molecular complexity index is 863. The number of benzene rings is 2. The van der Waals surface area contributed by atoms with E-state index in [0.29, 0.717) is 19.6 Å². The molecule has 0 aliphatic rings. The molecule has 0 fully saturated rings. The first-order valence-electron chi connectivity index (χ1n) is 9.23. The molecule has 28 heavy (non-hydrogen) atoms. The van der Waals surface area contributed by atoms with Crippen LogP contribution in [0.2, 0.25) is 0 Å². The van der Waals surface area contributed by atoms with Gasteiger partial charge in [0.05, 0.1) is 30.8 Å². The number of rotatable bonds is 10. The number of nitrogens with zero attached hydrogens (tertiary/aromatic N) is 1. The maximum Gasteiger partial charge on any atom is 0.226 e. The van der Waals surface area contributed by atoms with Crippen molar-refractivity contribution in [3.8, 4) is 11.5 Å². The summed E-state index contributed by atoms with van der Waals surface area (Å²) in [6.45, 7) is 0.868. The van der Waals surface area contributed by atoms with Gasteiger partial charge in [0.25, 0.3) is 0 Å². The molecule has 0 saturated carbocycles. The third kappa shape index (κ3) is 6.39. The highest BCUT2D eigenvalue weighted by Crippen LogP contribution is 2.17. The molecule has 146 valence electrons. The summed E-state index contributed by atoms with van der Waals surface area (Å²) in [6, 6.07) is 17.7. The minimum absolute atomic E-state index is 0.0433. The summed E-state index contributed by atoms with van der Waals surface area (Å²) in [4.78, 5) is 16.6. The molecule has 1 amide bonds. The fourth-order valence-electron chi connectivity index (χ4n) is 2.70. The number of thiazole rings is 1. The number of hydrogen-bond acceptors (Lipinski definition) is 5. The summed E-state index contributed by atoms with van der Waals surface area (Å²) >= 11 is 1.61. The molecule has 0 atom stereocenters. The average Bonchev–Trinajstić information content (AvgIpc) is 3.18. The lowest BCUT2D eigenvalue weighted by Gasteiger charge is -2.08. The van der Waals surface area contributed by atoms with Crippen LogP contribution in [0.5, 0.6) is 11.5 Å². The Morgan fingerprint density at radius 3 is 2.54 bits per heavy atom. The van der Waals surface area contributed by atoms with Crippen molar-refractivity contribution in [3.05, 3.63) is 76.2 Å². The van der Waals surface area contributed by atoms with E-state index in [9.17, 15) is 4.79 Å². The number of amides is 1. The van der Waals surface area contributed by atoms with Crippen molar-refractivity contribution in [2.45, 2.75) is 19.3 Å². The van der Waals surface area contributed by atoms with Crippen molar-refractivity contribution in [1.29, 1.82) is 0 Å². The van der Waals surface area contributed by atoms with Crippen LogP contribution < -0.4 is 14.8 Å². The number of aryl methyl sites for hydroxylation is 2. The van der Waals surface area contributed by atoms with Gasteiger partial charge in [-0.1, -0.05) is 30.3 Å². The molecule has 1 heterocycles. The van der Waals surface area contributed by atoms with E-state index in [1.165, 1.54) is 5.56 Å². The van der Waals surface area contributed by atoms with E-state index in [1.807, 2.05) is 47.8 Å². The molecular formula is C22H24N2O3S. The van der Waals surface area contributed by atoms with E-state index in [-0.39, 0.29) is 5.91 Å². The molecule has 5 nitrogen and oxygen atoms in total. The highest BCUT2D eigenvalue weighted by Gasteiger charge is 2.08. The molecule has 0 spiro atoms. The number of aromatic nitrogens is 1. The molecule has 0 aliphatic heterocycles. The van der Waals surface area contributed by atoms with Crippen LogP contribution in [0.25, 0.3) is 0 Å². The molecule has 0 aliphatic carbocycles. The molecule has 6 heteroatoms. The average molecular weight is 397 g/mol. The lowest BCUT2D eigenvalue weighted by atomic mass is 10.1. The van der Waals surface area contributed by atoms with Crippen LogP contribution in [0.15, 0.2) is 60.0 Å². The fraction of sp³-hybridized carbons (Fsp3) is 0.273. The quantitative estimate of drug-likeness (QED) is 0.531. The van der Waals surface area contributed by atoms with E-state index in [0.717, 1.165) is 35.0 Å². The summed E-state index contributed by atoms with van der Waals surface area (Å²) in [6.07, 6.45) is 2.15. The minimum Gasteiger partial charge on any atom is -0.497 e. The van der Waals surface area contributed by atoms with Gasteiger partial charge >= 0.3 is 0 Å². The zero-order valence-electron chi connectivity index (χ0n) is 15.9. The van der Waals surface area contributed by atoms with Crippen molar-refractivity contribution in [2.75, 3.05) is 20.3 Å². The first-order chi connectivity index (χ1) is 13.7. The van der Waals surface area contributed by atoms with E-state index < -0.39 is 0 Å². The molecular weight excluding hydrogens is 372 g/mol. The second-order valence-corrected chi connectivity index (χ2v) is 7.21. The van der Waals surface area contributed by atoms with Crippen LogP contribution in [-0.4, -0.2) is 31.2 Å². The van der Waals surface area contributed by atoms with Crippen LogP contribution in [-0.2, 0) is 24.1 Å². The van der Waals surface area contributed by atoms with Crippen LogP contribution in [0.4, 0.5) is 0 Å². The molecule has 3 rings (SSSR count). The Morgan fingerprint density at radius 1 is 1.04 bits per heavy atom. The van der Waals surface area contributed by atoms with Crippen molar-refractivity contribution in [1.82, 2.24) is 10.3 Å². The Balaban J connectivity index is 1.34. The van der Waals surface area contributed by atoms with Gasteiger partial charge in [-0.15, -0.1) is 11.3 Å². The number of ether oxygens (including phenoxy) is 2. The summed E-state index contributed by atoms with van der Waals surface area (Å²) in [5, 5.41) is 5.90. The largest absolute Gasteiger partial charge is 0.497 e. The molecule has 1 N–H and O–H groups in total. The van der Waals surface area contributed by atoms with Crippen LogP contribution in [0, 0.1) is 0 Å². The second-order valence-electron chi connectivity index (χ2n) is 6.27. The lowest BCUT2D eigenvalue weighted by molar-refractivity contribution is -0.120. The normalized spacial score (nSPS) is 10.5. The molecule has 0 unspecified atom stereocenters. The van der Waals surface area contributed by atoms with Crippen molar-refractivity contribution in [2.24, 2.45) is 0 Å². The predicted octanol–water partition coefficient (Wildman–Crippen LogP) is 3.67. The van der Waals surface area contributed by atoms with Gasteiger partial charge in [0, 0.05) is 11.8 Å². The number of nitrogens with one attached hydrogen (secondary N) is 1. The summed E-state index contributed by atoms with van der Waals surface area (Å²) < 4.78 is 10.7. The predicted molar refractivity (Wildman–Crippen MR) is 111 cm³/mol. The monoisotopic (exact) mass is 396 g/mol. The third-order valence-corrected chi connectivity index (χ3v) is 5.12. The zero-order valence-corrected chi connectivity index (χ0v) is 16.7. The van der Waals surface area contributed by atoms with Gasteiger partial charge in [0.15, 0.2) is 0 Å². The maximum atomic E-state index is 12.1. The zero-order chi connectivity index (χ0) is 19.6. The molecule has 0 saturated heterocycles. The SMILES string of the molecule is COc1ccc(OCCNC(=O)Cc2csc(CCc3ccccc3)n2)cc1. The highest BCUT2D eigenvalue weighted by molar-refractivity contribution is 7.09. The number of hydrogen-bond donors (Lipinski definition) is 1. The number of methoxy groups -OCH3 is 1. The second kappa shape index (κ2) is 10.5. The Kier molecular flexibility index (Phi) is 7.44. The molecule has 1 aromatic heterocycles. The van der Waals surface area contributed by atoms with Gasteiger partial charge in [-0.05, 0) is 36.2 Å². The maximum absolute atomic E-state index is 12.1. The van der Waals surface area contributed by atoms with E-state index in [2.05, 4.69) is 22.4 Å². The molecule has 0 bridgehead atoms. The Hall–Kier alpha value is -2.86. The van der Waals surface area contributed by atoms with Crippen LogP contribution in [0.3, 0.4) is 0 Å². The molecule has 2 aromatic carbocycles. The van der Waals surface area contributed by atoms with Crippen LogP contribution in [0.1, 0.15) is 16.3 Å². The van der Waals surface area contributed by atoms with E-state index in [1.54, 1.807) is 18.4 Å². The van der Waals surface area contributed by atoms with E-state index in [4.69, 9.17) is 9.47 Å². The summed E-state index contributed by atoms with van der Waals surface area (Å²) in [5.74, 6) is 1.49. The Morgan fingerprint density at radius 2 is 1.79 bits per heavy atom. The van der Waals surface area contributed by atoms with Gasteiger partial charge in [0.2, 0.25) is 5.91 Å². The first-order valence-corrected chi connectivity index (χ1v) is 10.1. The summed E-state index contributed by atoms with van der Waals surface area (Å²) in [5.41, 5.74) is 2.12. The minimum atomic E-state index is -0.0433. The first kappa shape index (κ1) is 19.9. The van der Waals surface area contributed by atoms with Gasteiger partial charge in [-0.3, -0.25) is 4.79 Å². The topological polar surface area (TPSA) is 60.5 Å². The smallest absolute Gasteiger partial charge is 0.226 e. The standard InChI is InChI=1S/C22H24N2O3S/c1-26-19-8-10-20(11-9-19)27-14-13-23-21(25)15-18-16-28-22(24-18)12-7-17-5-3-2-4-6-17/h2-6,8-11,16H,7,12-15H2,1H3,(H,23,25). The van der Waals surface area contributed by atoms with Gasteiger partial charge in [0.1, 0.15) is 18.1 Å². The highest BCUT2D eigenvalue weighted by atomic mass is 32.1. The fourth-order valence-corrected chi connectivity index (χ4v) is 3.50. The van der Waals surface area contributed by atoms with Gasteiger partial charge in [-0.25, -0.2) is 4.98 Å². The van der Waals surface area contributed by atoms with Crippen molar-refractivity contribution < 1.29 is 14.3 Å². The lowest BCUT2D eigenvalue weighted by Crippen LogP contribution is -2.29. The van der Waals surface area contributed by atoms with Crippen LogP contribution >= 0.6 is 11.3 Å². The Labute approximate surface area is 169 Å². The number of carbonyl (C=O) groups is 1. The number of carbonyl (C=O) groups excluding carboxylic acids is 1. The molecule has 0 radical (unpaired) electrons. The van der Waals surface area contributed by atoms with Gasteiger partial charge < -0.3 is 14.8 Å². The van der Waals surface area contributed by atoms with Gasteiger partial charge in [-0.2, -0.15) is 0 Å².